The van der Waals surface area contributed by atoms with E-state index in [4.69, 9.17) is 5.26 Å². The number of hydrogen-bond donors (Lipinski definition) is 0. The van der Waals surface area contributed by atoms with Crippen LogP contribution in [0.25, 0.3) is 0 Å². The summed E-state index contributed by atoms with van der Waals surface area (Å²) in [6, 6.07) is 19.3. The molecule has 0 aliphatic carbocycles. The number of nitriles is 1. The fourth-order valence-corrected chi connectivity index (χ4v) is 2.13. The highest BCUT2D eigenvalue weighted by Gasteiger charge is 2.16. The molecule has 0 heterocycles. The highest BCUT2D eigenvalue weighted by Crippen LogP contribution is 2.22. The minimum atomic E-state index is -0.117. The molecule has 19 heavy (non-hydrogen) atoms. The van der Waals surface area contributed by atoms with Crippen LogP contribution in [0.1, 0.15) is 29.5 Å². The molecule has 0 amide bonds. The molecule has 2 aromatic rings. The van der Waals surface area contributed by atoms with Crippen molar-refractivity contribution in [2.75, 3.05) is 0 Å². The van der Waals surface area contributed by atoms with Crippen LogP contribution in [0, 0.1) is 11.3 Å². The van der Waals surface area contributed by atoms with Gasteiger partial charge in [0.1, 0.15) is 5.78 Å². The first kappa shape index (κ1) is 13.0. The van der Waals surface area contributed by atoms with Crippen molar-refractivity contribution in [3.05, 3.63) is 71.3 Å². The van der Waals surface area contributed by atoms with Crippen molar-refractivity contribution in [1.29, 1.82) is 5.26 Å². The van der Waals surface area contributed by atoms with E-state index in [-0.39, 0.29) is 11.7 Å². The standard InChI is InChI=1S/C17H15NO/c1-13(19)17(16-5-3-2-4-6-16)11-14-7-9-15(12-18)10-8-14/h2-10,17H,11H2,1H3. The molecule has 0 radical (unpaired) electrons. The van der Waals surface area contributed by atoms with Gasteiger partial charge in [-0.3, -0.25) is 4.79 Å². The highest BCUT2D eigenvalue weighted by molar-refractivity contribution is 5.83. The van der Waals surface area contributed by atoms with Gasteiger partial charge in [-0.15, -0.1) is 0 Å². The third-order valence-corrected chi connectivity index (χ3v) is 3.22. The van der Waals surface area contributed by atoms with Gasteiger partial charge in [0, 0.05) is 5.92 Å². The van der Waals surface area contributed by atoms with E-state index in [9.17, 15) is 4.79 Å². The van der Waals surface area contributed by atoms with E-state index in [1.807, 2.05) is 42.5 Å². The zero-order chi connectivity index (χ0) is 13.7. The maximum absolute atomic E-state index is 11.8. The van der Waals surface area contributed by atoms with Crippen molar-refractivity contribution in [2.24, 2.45) is 0 Å². The van der Waals surface area contributed by atoms with Gasteiger partial charge < -0.3 is 0 Å². The molecule has 0 spiro atoms. The predicted molar refractivity (Wildman–Crippen MR) is 74.7 cm³/mol. The van der Waals surface area contributed by atoms with Crippen molar-refractivity contribution in [3.8, 4) is 6.07 Å². The summed E-state index contributed by atoms with van der Waals surface area (Å²) in [5, 5.41) is 8.77. The molecule has 0 fully saturated rings. The maximum Gasteiger partial charge on any atom is 0.137 e. The van der Waals surface area contributed by atoms with Crippen LogP contribution < -0.4 is 0 Å². The Morgan fingerprint density at radius 2 is 1.74 bits per heavy atom. The molecule has 94 valence electrons. The van der Waals surface area contributed by atoms with E-state index in [2.05, 4.69) is 6.07 Å². The number of nitrogens with zero attached hydrogens (tertiary/aromatic N) is 1. The molecule has 0 saturated carbocycles. The minimum absolute atomic E-state index is 0.117. The lowest BCUT2D eigenvalue weighted by Crippen LogP contribution is -2.11. The molecule has 2 heteroatoms. The maximum atomic E-state index is 11.8. The van der Waals surface area contributed by atoms with Crippen LogP contribution in [-0.2, 0) is 11.2 Å². The van der Waals surface area contributed by atoms with Gasteiger partial charge in [-0.1, -0.05) is 42.5 Å². The van der Waals surface area contributed by atoms with Crippen molar-refractivity contribution in [1.82, 2.24) is 0 Å². The lowest BCUT2D eigenvalue weighted by Gasteiger charge is -2.14. The van der Waals surface area contributed by atoms with Gasteiger partial charge in [-0.25, -0.2) is 0 Å². The minimum Gasteiger partial charge on any atom is -0.299 e. The summed E-state index contributed by atoms with van der Waals surface area (Å²) in [4.78, 5) is 11.8. The topological polar surface area (TPSA) is 40.9 Å². The molecule has 0 aliphatic rings. The zero-order valence-electron chi connectivity index (χ0n) is 10.8. The number of hydrogen-bond acceptors (Lipinski definition) is 2. The summed E-state index contributed by atoms with van der Waals surface area (Å²) < 4.78 is 0. The summed E-state index contributed by atoms with van der Waals surface area (Å²) >= 11 is 0. The predicted octanol–water partition coefficient (Wildman–Crippen LogP) is 3.47. The van der Waals surface area contributed by atoms with Crippen molar-refractivity contribution < 1.29 is 4.79 Å². The van der Waals surface area contributed by atoms with Crippen LogP contribution in [0.15, 0.2) is 54.6 Å². The van der Waals surface area contributed by atoms with Crippen LogP contribution in [0.5, 0.6) is 0 Å². The Morgan fingerprint density at radius 1 is 1.11 bits per heavy atom. The third-order valence-electron chi connectivity index (χ3n) is 3.22. The highest BCUT2D eigenvalue weighted by atomic mass is 16.1. The van der Waals surface area contributed by atoms with Gasteiger partial charge in [-0.2, -0.15) is 5.26 Å². The van der Waals surface area contributed by atoms with Gasteiger partial charge >= 0.3 is 0 Å². The smallest absolute Gasteiger partial charge is 0.137 e. The molecule has 2 rings (SSSR count). The molecule has 1 atom stereocenters. The largest absolute Gasteiger partial charge is 0.299 e. The van der Waals surface area contributed by atoms with E-state index < -0.39 is 0 Å². The van der Waals surface area contributed by atoms with Gasteiger partial charge in [-0.05, 0) is 36.6 Å². The molecular weight excluding hydrogens is 234 g/mol. The Labute approximate surface area is 113 Å². The summed E-state index contributed by atoms with van der Waals surface area (Å²) in [7, 11) is 0. The Balaban J connectivity index is 2.22. The first-order chi connectivity index (χ1) is 9.20. The van der Waals surface area contributed by atoms with E-state index in [1.54, 1.807) is 19.1 Å². The summed E-state index contributed by atoms with van der Waals surface area (Å²) in [5.74, 6) is 0.0460. The number of Topliss-reactive ketones (excluding diaryl/α,β-unsaturated/α-hetero) is 1. The van der Waals surface area contributed by atoms with Crippen LogP contribution in [0.2, 0.25) is 0 Å². The van der Waals surface area contributed by atoms with E-state index in [1.165, 1.54) is 0 Å². The Hall–Kier alpha value is -2.40. The second kappa shape index (κ2) is 5.97. The monoisotopic (exact) mass is 249 g/mol. The number of carbonyl (C=O) groups excluding carboxylic acids is 1. The second-order valence-electron chi connectivity index (χ2n) is 4.59. The quantitative estimate of drug-likeness (QED) is 0.832. The van der Waals surface area contributed by atoms with Crippen LogP contribution in [0.4, 0.5) is 0 Å². The molecule has 0 N–H and O–H groups in total. The van der Waals surface area contributed by atoms with Crippen molar-refractivity contribution in [2.45, 2.75) is 19.3 Å². The first-order valence-corrected chi connectivity index (χ1v) is 6.25. The number of carbonyl (C=O) groups is 1. The molecule has 0 saturated heterocycles. The van der Waals surface area contributed by atoms with Crippen LogP contribution in [-0.4, -0.2) is 5.78 Å². The Bertz CT molecular complexity index is 593. The molecule has 2 aromatic carbocycles. The van der Waals surface area contributed by atoms with Crippen molar-refractivity contribution >= 4 is 5.78 Å². The number of rotatable bonds is 4. The third kappa shape index (κ3) is 3.29. The molecule has 2 nitrogen and oxygen atoms in total. The fourth-order valence-electron chi connectivity index (χ4n) is 2.13. The summed E-state index contributed by atoms with van der Waals surface area (Å²) in [6.07, 6.45) is 0.672. The Morgan fingerprint density at radius 3 is 2.26 bits per heavy atom. The van der Waals surface area contributed by atoms with Gasteiger partial charge in [0.2, 0.25) is 0 Å². The van der Waals surface area contributed by atoms with E-state index in [0.29, 0.717) is 12.0 Å². The number of benzene rings is 2. The average Bonchev–Trinajstić information content (AvgIpc) is 2.46. The summed E-state index contributed by atoms with van der Waals surface area (Å²) in [5.41, 5.74) is 2.75. The van der Waals surface area contributed by atoms with Crippen LogP contribution >= 0.6 is 0 Å². The lowest BCUT2D eigenvalue weighted by molar-refractivity contribution is -0.118. The van der Waals surface area contributed by atoms with Crippen LogP contribution in [0.3, 0.4) is 0 Å². The van der Waals surface area contributed by atoms with Gasteiger partial charge in [0.15, 0.2) is 0 Å². The lowest BCUT2D eigenvalue weighted by atomic mass is 9.89. The molecule has 0 aliphatic heterocycles. The second-order valence-corrected chi connectivity index (χ2v) is 4.59. The number of ketones is 1. The summed E-state index contributed by atoms with van der Waals surface area (Å²) in [6.45, 7) is 1.63. The molecular formula is C17H15NO. The SMILES string of the molecule is CC(=O)C(Cc1ccc(C#N)cc1)c1ccccc1. The first-order valence-electron chi connectivity index (χ1n) is 6.25. The molecule has 0 bridgehead atoms. The van der Waals surface area contributed by atoms with E-state index >= 15 is 0 Å². The van der Waals surface area contributed by atoms with Gasteiger partial charge in [0.25, 0.3) is 0 Å². The molecule has 0 aromatic heterocycles. The average molecular weight is 249 g/mol. The normalized spacial score (nSPS) is 11.6. The molecule has 1 unspecified atom stereocenters. The van der Waals surface area contributed by atoms with Gasteiger partial charge in [0.05, 0.1) is 11.6 Å². The van der Waals surface area contributed by atoms with E-state index in [0.717, 1.165) is 11.1 Å². The Kier molecular flexibility index (Phi) is 4.10. The zero-order valence-corrected chi connectivity index (χ0v) is 10.8. The van der Waals surface area contributed by atoms with Crippen molar-refractivity contribution in [3.63, 3.8) is 0 Å². The fraction of sp³-hybridized carbons (Fsp3) is 0.176.